The fourth-order valence-corrected chi connectivity index (χ4v) is 2.34. The minimum atomic E-state index is -0.474. The molecule has 1 saturated heterocycles. The van der Waals surface area contributed by atoms with Gasteiger partial charge in [-0.1, -0.05) is 0 Å². The normalized spacial score (nSPS) is 20.6. The third-order valence-corrected chi connectivity index (χ3v) is 3.17. The number of aromatic nitrogens is 2. The quantitative estimate of drug-likeness (QED) is 0.620. The zero-order valence-electron chi connectivity index (χ0n) is 9.74. The molecule has 0 radical (unpaired) electrons. The van der Waals surface area contributed by atoms with E-state index in [4.69, 9.17) is 0 Å². The molecule has 1 unspecified atom stereocenters. The molecule has 1 aliphatic heterocycles. The zero-order valence-corrected chi connectivity index (χ0v) is 9.74. The van der Waals surface area contributed by atoms with Crippen LogP contribution in [0.15, 0.2) is 6.33 Å². The zero-order chi connectivity index (χ0) is 12.4. The third-order valence-electron chi connectivity index (χ3n) is 3.17. The first kappa shape index (κ1) is 11.8. The Balaban J connectivity index is 2.37. The van der Waals surface area contributed by atoms with Crippen molar-refractivity contribution in [2.45, 2.75) is 25.3 Å². The highest BCUT2D eigenvalue weighted by molar-refractivity contribution is 5.55. The van der Waals surface area contributed by atoms with Crippen LogP contribution in [0.2, 0.25) is 0 Å². The van der Waals surface area contributed by atoms with E-state index >= 15 is 0 Å². The van der Waals surface area contributed by atoms with E-state index < -0.39 is 4.92 Å². The molecule has 94 valence electrons. The number of rotatable bonds is 3. The SMILES string of the molecule is Cn1cnc([N+](=O)[O-])c1N1CCCCC1CO. The van der Waals surface area contributed by atoms with E-state index in [1.54, 1.807) is 11.6 Å². The van der Waals surface area contributed by atoms with E-state index in [0.29, 0.717) is 5.82 Å². The largest absolute Gasteiger partial charge is 0.406 e. The van der Waals surface area contributed by atoms with Crippen molar-refractivity contribution in [2.75, 3.05) is 18.1 Å². The minimum Gasteiger partial charge on any atom is -0.394 e. The van der Waals surface area contributed by atoms with Gasteiger partial charge in [-0.25, -0.2) is 0 Å². The van der Waals surface area contributed by atoms with E-state index in [0.717, 1.165) is 25.8 Å². The number of piperidine rings is 1. The molecule has 0 aliphatic carbocycles. The monoisotopic (exact) mass is 240 g/mol. The van der Waals surface area contributed by atoms with Gasteiger partial charge < -0.3 is 20.1 Å². The lowest BCUT2D eigenvalue weighted by Gasteiger charge is -2.35. The van der Waals surface area contributed by atoms with Crippen molar-refractivity contribution in [1.82, 2.24) is 9.55 Å². The summed E-state index contributed by atoms with van der Waals surface area (Å²) in [6, 6.07) is -0.0437. The molecule has 0 spiro atoms. The maximum absolute atomic E-state index is 10.9. The van der Waals surface area contributed by atoms with Crippen LogP contribution in [-0.2, 0) is 7.05 Å². The lowest BCUT2D eigenvalue weighted by Crippen LogP contribution is -2.43. The van der Waals surface area contributed by atoms with Gasteiger partial charge in [0, 0.05) is 13.6 Å². The summed E-state index contributed by atoms with van der Waals surface area (Å²) in [7, 11) is 1.73. The minimum absolute atomic E-state index is 0.0162. The fourth-order valence-electron chi connectivity index (χ4n) is 2.34. The van der Waals surface area contributed by atoms with Crippen molar-refractivity contribution < 1.29 is 10.0 Å². The Hall–Kier alpha value is -1.63. The highest BCUT2D eigenvalue weighted by atomic mass is 16.6. The van der Waals surface area contributed by atoms with Crippen molar-refractivity contribution in [1.29, 1.82) is 0 Å². The highest BCUT2D eigenvalue weighted by Gasteiger charge is 2.31. The summed E-state index contributed by atoms with van der Waals surface area (Å²) in [5.41, 5.74) is 0. The molecule has 0 amide bonds. The van der Waals surface area contributed by atoms with Gasteiger partial charge in [-0.2, -0.15) is 0 Å². The number of aliphatic hydroxyl groups is 1. The summed E-state index contributed by atoms with van der Waals surface area (Å²) >= 11 is 0. The molecule has 7 nitrogen and oxygen atoms in total. The third kappa shape index (κ3) is 2.10. The first-order valence-electron chi connectivity index (χ1n) is 5.68. The van der Waals surface area contributed by atoms with Crippen LogP contribution in [0.25, 0.3) is 0 Å². The van der Waals surface area contributed by atoms with Crippen LogP contribution >= 0.6 is 0 Å². The number of aliphatic hydroxyl groups excluding tert-OH is 1. The molecule has 0 aromatic carbocycles. The van der Waals surface area contributed by atoms with Crippen LogP contribution in [0.4, 0.5) is 11.6 Å². The highest BCUT2D eigenvalue weighted by Crippen LogP contribution is 2.31. The van der Waals surface area contributed by atoms with Crippen molar-refractivity contribution in [2.24, 2.45) is 7.05 Å². The summed E-state index contributed by atoms with van der Waals surface area (Å²) < 4.78 is 1.64. The maximum Gasteiger partial charge on any atom is 0.406 e. The van der Waals surface area contributed by atoms with E-state index in [-0.39, 0.29) is 18.5 Å². The second kappa shape index (κ2) is 4.70. The Morgan fingerprint density at radius 1 is 1.65 bits per heavy atom. The number of anilines is 1. The van der Waals surface area contributed by atoms with E-state index in [2.05, 4.69) is 4.98 Å². The van der Waals surface area contributed by atoms with Gasteiger partial charge in [0.05, 0.1) is 12.6 Å². The van der Waals surface area contributed by atoms with Crippen LogP contribution in [-0.4, -0.2) is 38.8 Å². The molecule has 2 rings (SSSR count). The number of hydrogen-bond acceptors (Lipinski definition) is 5. The Morgan fingerprint density at radius 2 is 2.41 bits per heavy atom. The molecule has 0 saturated carbocycles. The van der Waals surface area contributed by atoms with Gasteiger partial charge in [-0.3, -0.25) is 4.57 Å². The predicted molar refractivity (Wildman–Crippen MR) is 61.9 cm³/mol. The topological polar surface area (TPSA) is 84.4 Å². The Kier molecular flexibility index (Phi) is 3.28. The molecule has 2 heterocycles. The van der Waals surface area contributed by atoms with Crippen LogP contribution in [0.5, 0.6) is 0 Å². The number of nitro groups is 1. The van der Waals surface area contributed by atoms with Crippen molar-refractivity contribution in [3.63, 3.8) is 0 Å². The smallest absolute Gasteiger partial charge is 0.394 e. The lowest BCUT2D eigenvalue weighted by molar-refractivity contribution is -0.388. The van der Waals surface area contributed by atoms with Crippen LogP contribution in [0.3, 0.4) is 0 Å². The summed E-state index contributed by atoms with van der Waals surface area (Å²) in [6.45, 7) is 0.744. The van der Waals surface area contributed by atoms with Crippen LogP contribution in [0, 0.1) is 10.1 Å². The summed E-state index contributed by atoms with van der Waals surface area (Å²) in [5.74, 6) is 0.363. The molecule has 1 aliphatic rings. The second-order valence-electron chi connectivity index (χ2n) is 4.29. The Bertz CT molecular complexity index is 418. The predicted octanol–water partition coefficient (Wildman–Crippen LogP) is 0.679. The molecule has 0 bridgehead atoms. The number of imidazole rings is 1. The maximum atomic E-state index is 10.9. The number of aryl methyl sites for hydroxylation is 1. The van der Waals surface area contributed by atoms with Gasteiger partial charge in [-0.15, -0.1) is 0 Å². The Morgan fingerprint density at radius 3 is 3.06 bits per heavy atom. The molecule has 17 heavy (non-hydrogen) atoms. The summed E-state index contributed by atoms with van der Waals surface area (Å²) in [6.07, 6.45) is 4.33. The Labute approximate surface area is 98.8 Å². The summed E-state index contributed by atoms with van der Waals surface area (Å²) in [4.78, 5) is 16.1. The first-order chi connectivity index (χ1) is 8.15. The summed E-state index contributed by atoms with van der Waals surface area (Å²) in [5, 5.41) is 20.3. The number of nitrogens with zero attached hydrogens (tertiary/aromatic N) is 4. The van der Waals surface area contributed by atoms with Crippen molar-refractivity contribution >= 4 is 11.6 Å². The van der Waals surface area contributed by atoms with Crippen LogP contribution < -0.4 is 4.90 Å². The van der Waals surface area contributed by atoms with Gasteiger partial charge in [0.2, 0.25) is 12.1 Å². The molecule has 1 N–H and O–H groups in total. The number of hydrogen-bond donors (Lipinski definition) is 1. The fraction of sp³-hybridized carbons (Fsp3) is 0.700. The van der Waals surface area contributed by atoms with Crippen molar-refractivity contribution in [3.05, 3.63) is 16.4 Å². The molecule has 1 aromatic heterocycles. The molecule has 1 fully saturated rings. The molecule has 7 heteroatoms. The van der Waals surface area contributed by atoms with Gasteiger partial charge >= 0.3 is 5.82 Å². The molecular weight excluding hydrogens is 224 g/mol. The molecule has 1 atom stereocenters. The van der Waals surface area contributed by atoms with Crippen molar-refractivity contribution in [3.8, 4) is 0 Å². The van der Waals surface area contributed by atoms with Gasteiger partial charge in [0.25, 0.3) is 0 Å². The second-order valence-corrected chi connectivity index (χ2v) is 4.29. The van der Waals surface area contributed by atoms with Gasteiger partial charge in [-0.05, 0) is 29.2 Å². The van der Waals surface area contributed by atoms with E-state index in [1.807, 2.05) is 4.90 Å². The van der Waals surface area contributed by atoms with E-state index in [1.165, 1.54) is 6.33 Å². The van der Waals surface area contributed by atoms with Gasteiger partial charge in [0.1, 0.15) is 0 Å². The molecular formula is C10H16N4O3. The average Bonchev–Trinajstić information content (AvgIpc) is 2.71. The van der Waals surface area contributed by atoms with E-state index in [9.17, 15) is 15.2 Å². The molecule has 1 aromatic rings. The van der Waals surface area contributed by atoms with Gasteiger partial charge in [0.15, 0.2) is 0 Å². The first-order valence-corrected chi connectivity index (χ1v) is 5.68. The lowest BCUT2D eigenvalue weighted by atomic mass is 10.0. The average molecular weight is 240 g/mol. The van der Waals surface area contributed by atoms with Crippen LogP contribution in [0.1, 0.15) is 19.3 Å². The standard InChI is InChI=1S/C10H16N4O3/c1-12-7-11-9(14(16)17)10(12)13-5-3-2-4-8(13)6-15/h7-8,15H,2-6H2,1H3.